The van der Waals surface area contributed by atoms with Crippen LogP contribution in [0.15, 0.2) is 12.7 Å². The lowest BCUT2D eigenvalue weighted by molar-refractivity contribution is -0.168. The Hall–Kier alpha value is -2.79. The molecule has 1 saturated heterocycles. The fourth-order valence-corrected chi connectivity index (χ4v) is 4.92. The van der Waals surface area contributed by atoms with E-state index in [0.29, 0.717) is 24.0 Å². The number of aliphatic hydroxyl groups is 1. The molecular weight excluding hydrogens is 502 g/mol. The third-order valence-corrected chi connectivity index (χ3v) is 7.13. The molecule has 1 aliphatic heterocycles. The third kappa shape index (κ3) is 8.86. The van der Waals surface area contributed by atoms with Crippen molar-refractivity contribution in [1.29, 1.82) is 0 Å². The smallest absolute Gasteiger partial charge is 0.306 e. The first-order valence-corrected chi connectivity index (χ1v) is 14.6. The van der Waals surface area contributed by atoms with Gasteiger partial charge in [0.1, 0.15) is 17.9 Å². The van der Waals surface area contributed by atoms with Crippen molar-refractivity contribution in [2.45, 2.75) is 128 Å². The van der Waals surface area contributed by atoms with Crippen molar-refractivity contribution in [3.05, 3.63) is 12.7 Å². The third-order valence-electron chi connectivity index (χ3n) is 7.13. The quantitative estimate of drug-likeness (QED) is 0.200. The van der Waals surface area contributed by atoms with Crippen LogP contribution in [0.2, 0.25) is 0 Å². The molecule has 0 saturated carbocycles. The van der Waals surface area contributed by atoms with E-state index in [4.69, 9.17) is 19.9 Å². The number of anilines is 1. The van der Waals surface area contributed by atoms with Crippen molar-refractivity contribution in [3.8, 4) is 0 Å². The van der Waals surface area contributed by atoms with Crippen molar-refractivity contribution >= 4 is 28.9 Å². The van der Waals surface area contributed by atoms with Crippen LogP contribution in [0.25, 0.3) is 11.2 Å². The summed E-state index contributed by atoms with van der Waals surface area (Å²) in [5, 5.41) is 10.1. The zero-order valence-electron chi connectivity index (χ0n) is 23.4. The van der Waals surface area contributed by atoms with E-state index in [0.717, 1.165) is 51.4 Å². The largest absolute Gasteiger partial charge is 0.455 e. The molecule has 0 aliphatic carbocycles. The lowest BCUT2D eigenvalue weighted by atomic mass is 10.1. The molecule has 2 aromatic rings. The Morgan fingerprint density at radius 3 is 2.03 bits per heavy atom. The normalized spacial score (nSPS) is 20.9. The minimum atomic E-state index is -0.989. The van der Waals surface area contributed by atoms with Crippen LogP contribution >= 0.6 is 0 Å². The summed E-state index contributed by atoms with van der Waals surface area (Å²) in [5.74, 6) is -0.607. The first-order chi connectivity index (χ1) is 19.0. The van der Waals surface area contributed by atoms with Crippen LogP contribution in [-0.2, 0) is 23.8 Å². The van der Waals surface area contributed by atoms with E-state index in [9.17, 15) is 14.7 Å². The molecule has 2 aromatic heterocycles. The van der Waals surface area contributed by atoms with Gasteiger partial charge in [0.2, 0.25) is 0 Å². The Bertz CT molecular complexity index is 1030. The van der Waals surface area contributed by atoms with E-state index in [1.54, 1.807) is 4.57 Å². The van der Waals surface area contributed by atoms with Gasteiger partial charge in [-0.25, -0.2) is 15.0 Å². The molecule has 0 bridgehead atoms. The number of carbonyl (C=O) groups is 2. The fourth-order valence-electron chi connectivity index (χ4n) is 4.92. The summed E-state index contributed by atoms with van der Waals surface area (Å²) < 4.78 is 19.4. The summed E-state index contributed by atoms with van der Waals surface area (Å²) in [7, 11) is 0. The van der Waals surface area contributed by atoms with Crippen molar-refractivity contribution in [1.82, 2.24) is 19.5 Å². The van der Waals surface area contributed by atoms with Crippen LogP contribution in [-0.4, -0.2) is 61.5 Å². The van der Waals surface area contributed by atoms with Crippen LogP contribution in [0, 0.1) is 0 Å². The number of imidazole rings is 1. The SMILES string of the molecule is CCCCCCCCC(=O)O[C@@H]1[C@H](OC(=O)CCCCCCCC)[C@@H](CO)O[C@H]1n1cnc2c(N)ncnc21. The number of hydrogen-bond donors (Lipinski definition) is 2. The second-order valence-corrected chi connectivity index (χ2v) is 10.3. The molecule has 4 atom stereocenters. The molecule has 3 heterocycles. The van der Waals surface area contributed by atoms with Crippen molar-refractivity contribution in [2.24, 2.45) is 0 Å². The Kier molecular flexibility index (Phi) is 12.9. The Labute approximate surface area is 230 Å². The minimum Gasteiger partial charge on any atom is -0.455 e. The molecule has 11 nitrogen and oxygen atoms in total. The van der Waals surface area contributed by atoms with E-state index in [1.807, 2.05) is 0 Å². The molecule has 0 radical (unpaired) electrons. The molecule has 1 aliphatic rings. The maximum Gasteiger partial charge on any atom is 0.306 e. The minimum absolute atomic E-state index is 0.203. The van der Waals surface area contributed by atoms with Crippen molar-refractivity contribution in [2.75, 3.05) is 12.3 Å². The zero-order valence-corrected chi connectivity index (χ0v) is 23.4. The van der Waals surface area contributed by atoms with E-state index in [2.05, 4.69) is 28.8 Å². The molecule has 0 spiro atoms. The number of carbonyl (C=O) groups excluding carboxylic acids is 2. The fraction of sp³-hybridized carbons (Fsp3) is 0.750. The average molecular weight is 548 g/mol. The number of nitrogens with two attached hydrogens (primary N) is 1. The highest BCUT2D eigenvalue weighted by Crippen LogP contribution is 2.36. The van der Waals surface area contributed by atoms with Crippen LogP contribution in [0.5, 0.6) is 0 Å². The lowest BCUT2D eigenvalue weighted by Crippen LogP contribution is -2.40. The number of unbranched alkanes of at least 4 members (excludes halogenated alkanes) is 10. The number of aromatic nitrogens is 4. The molecule has 11 heteroatoms. The van der Waals surface area contributed by atoms with Gasteiger partial charge in [-0.3, -0.25) is 14.2 Å². The number of rotatable bonds is 18. The molecule has 1 fully saturated rings. The second-order valence-electron chi connectivity index (χ2n) is 10.3. The first-order valence-electron chi connectivity index (χ1n) is 14.6. The van der Waals surface area contributed by atoms with Crippen molar-refractivity contribution < 1.29 is 28.9 Å². The number of nitrogen functional groups attached to an aromatic ring is 1. The summed E-state index contributed by atoms with van der Waals surface area (Å²) in [4.78, 5) is 38.2. The molecule has 3 N–H and O–H groups in total. The summed E-state index contributed by atoms with van der Waals surface area (Å²) in [5.41, 5.74) is 6.72. The second kappa shape index (κ2) is 16.3. The summed E-state index contributed by atoms with van der Waals surface area (Å²) in [6.45, 7) is 3.91. The van der Waals surface area contributed by atoms with Gasteiger partial charge < -0.3 is 25.1 Å². The Morgan fingerprint density at radius 1 is 0.872 bits per heavy atom. The zero-order chi connectivity index (χ0) is 28.0. The number of hydrogen-bond acceptors (Lipinski definition) is 10. The number of fused-ring (bicyclic) bond motifs is 1. The molecule has 0 unspecified atom stereocenters. The standard InChI is InChI=1S/C28H45N5O6/c1-3-5-7-9-11-13-15-21(35)38-24-20(17-34)37-28(33-19-32-23-26(29)30-18-31-27(23)33)25(24)39-22(36)16-14-12-10-8-6-4-2/h18-20,24-25,28,34H,3-17H2,1-2H3,(H2,29,30,31)/t20-,24-,25-,28-/m1/s1. The maximum absolute atomic E-state index is 12.9. The van der Waals surface area contributed by atoms with Crippen LogP contribution in [0.1, 0.15) is 110 Å². The predicted molar refractivity (Wildman–Crippen MR) is 146 cm³/mol. The Morgan fingerprint density at radius 2 is 1.44 bits per heavy atom. The average Bonchev–Trinajstić information content (AvgIpc) is 3.50. The van der Waals surface area contributed by atoms with Gasteiger partial charge in [0, 0.05) is 12.8 Å². The predicted octanol–water partition coefficient (Wildman–Crippen LogP) is 4.62. The summed E-state index contributed by atoms with van der Waals surface area (Å²) in [6, 6.07) is 0. The van der Waals surface area contributed by atoms with E-state index >= 15 is 0 Å². The van der Waals surface area contributed by atoms with Crippen LogP contribution in [0.3, 0.4) is 0 Å². The number of nitrogens with zero attached hydrogens (tertiary/aromatic N) is 4. The van der Waals surface area contributed by atoms with Gasteiger partial charge >= 0.3 is 11.9 Å². The van der Waals surface area contributed by atoms with Gasteiger partial charge in [-0.05, 0) is 12.8 Å². The number of aliphatic hydroxyl groups excluding tert-OH is 1. The van der Waals surface area contributed by atoms with Gasteiger partial charge in [-0.2, -0.15) is 0 Å². The van der Waals surface area contributed by atoms with Crippen molar-refractivity contribution in [3.63, 3.8) is 0 Å². The van der Waals surface area contributed by atoms with Crippen LogP contribution in [0.4, 0.5) is 5.82 Å². The molecule has 39 heavy (non-hydrogen) atoms. The lowest BCUT2D eigenvalue weighted by Gasteiger charge is -2.24. The Balaban J connectivity index is 1.71. The number of ether oxygens (including phenoxy) is 3. The molecule has 3 rings (SSSR count). The van der Waals surface area contributed by atoms with Crippen LogP contribution < -0.4 is 5.73 Å². The van der Waals surface area contributed by atoms with Gasteiger partial charge in [0.15, 0.2) is 29.9 Å². The highest BCUT2D eigenvalue weighted by Gasteiger charge is 2.50. The summed E-state index contributed by atoms with van der Waals surface area (Å²) >= 11 is 0. The molecular formula is C28H45N5O6. The molecule has 0 amide bonds. The topological polar surface area (TPSA) is 152 Å². The van der Waals surface area contributed by atoms with Gasteiger partial charge in [0.05, 0.1) is 12.9 Å². The van der Waals surface area contributed by atoms with E-state index in [-0.39, 0.29) is 18.7 Å². The molecule has 0 aromatic carbocycles. The highest BCUT2D eigenvalue weighted by atomic mass is 16.6. The number of esters is 2. The molecule has 218 valence electrons. The van der Waals surface area contributed by atoms with Gasteiger partial charge in [-0.15, -0.1) is 0 Å². The van der Waals surface area contributed by atoms with E-state index in [1.165, 1.54) is 25.5 Å². The monoisotopic (exact) mass is 547 g/mol. The maximum atomic E-state index is 12.9. The summed E-state index contributed by atoms with van der Waals surface area (Å²) in [6.07, 6.45) is 12.0. The first kappa shape index (κ1) is 30.7. The van der Waals surface area contributed by atoms with Gasteiger partial charge in [0.25, 0.3) is 0 Å². The van der Waals surface area contributed by atoms with E-state index < -0.39 is 43.1 Å². The van der Waals surface area contributed by atoms with Gasteiger partial charge in [-0.1, -0.05) is 78.1 Å². The highest BCUT2D eigenvalue weighted by molar-refractivity contribution is 5.81.